The second-order valence-electron chi connectivity index (χ2n) is 10.1. The summed E-state index contributed by atoms with van der Waals surface area (Å²) in [5.74, 6) is -0.270. The van der Waals surface area contributed by atoms with Crippen molar-refractivity contribution in [3.63, 3.8) is 0 Å². The first-order valence-corrected chi connectivity index (χ1v) is 14.8. The molecule has 1 aromatic carbocycles. The van der Waals surface area contributed by atoms with E-state index in [1.54, 1.807) is 18.5 Å². The van der Waals surface area contributed by atoms with Crippen LogP contribution in [0.25, 0.3) is 10.9 Å². The van der Waals surface area contributed by atoms with Crippen LogP contribution in [0.1, 0.15) is 37.7 Å². The molecule has 3 rings (SSSR count). The summed E-state index contributed by atoms with van der Waals surface area (Å²) >= 11 is 1.01. The summed E-state index contributed by atoms with van der Waals surface area (Å²) in [5.41, 5.74) is 1.08. The first-order chi connectivity index (χ1) is 20.3. The van der Waals surface area contributed by atoms with Crippen LogP contribution in [0, 0.1) is 0 Å². The molecule has 0 saturated heterocycles. The molecule has 0 saturated carbocycles. The first kappa shape index (κ1) is 33.6. The van der Waals surface area contributed by atoms with Crippen molar-refractivity contribution in [2.75, 3.05) is 66.1 Å². The number of nitrogens with zero attached hydrogens (tertiary/aromatic N) is 3. The lowest BCUT2D eigenvalue weighted by molar-refractivity contribution is -0.156. The lowest BCUT2D eigenvalue weighted by atomic mass is 10.2. The van der Waals surface area contributed by atoms with E-state index in [4.69, 9.17) is 28.4 Å². The highest BCUT2D eigenvalue weighted by atomic mass is 32.2. The number of esters is 1. The summed E-state index contributed by atoms with van der Waals surface area (Å²) in [4.78, 5) is 32.9. The van der Waals surface area contributed by atoms with Crippen molar-refractivity contribution in [3.05, 3.63) is 54.5 Å². The Morgan fingerprint density at radius 1 is 0.762 bits per heavy atom. The monoisotopic (exact) mass is 603 g/mol. The molecule has 0 unspecified atom stereocenters. The molecule has 0 bridgehead atoms. The normalized spacial score (nSPS) is 11.7. The quantitative estimate of drug-likeness (QED) is 0.0801. The molecule has 0 spiro atoms. The second-order valence-corrected chi connectivity index (χ2v) is 11.0. The van der Waals surface area contributed by atoms with Gasteiger partial charge in [0.1, 0.15) is 5.60 Å². The lowest BCUT2D eigenvalue weighted by Crippen LogP contribution is -2.24. The van der Waals surface area contributed by atoms with Crippen LogP contribution in [0.4, 0.5) is 0 Å². The number of rotatable bonds is 20. The zero-order valence-electron chi connectivity index (χ0n) is 24.6. The van der Waals surface area contributed by atoms with E-state index in [-0.39, 0.29) is 17.5 Å². The minimum Gasteiger partial charge on any atom is -0.460 e. The highest BCUT2D eigenvalue weighted by molar-refractivity contribution is 8.14. The average Bonchev–Trinajstić information content (AvgIpc) is 3.33. The molecule has 0 amide bonds. The summed E-state index contributed by atoms with van der Waals surface area (Å²) in [5, 5.41) is 1.30. The molecule has 0 aliphatic heterocycles. The number of aromatic nitrogens is 3. The molecule has 0 aliphatic carbocycles. The molecular weight excluding hydrogens is 562 g/mol. The van der Waals surface area contributed by atoms with Crippen LogP contribution in [0.5, 0.6) is 0 Å². The highest BCUT2D eigenvalue weighted by Gasteiger charge is 2.18. The summed E-state index contributed by atoms with van der Waals surface area (Å²) in [6, 6.07) is 11.5. The predicted octanol–water partition coefficient (Wildman–Crippen LogP) is 4.18. The van der Waals surface area contributed by atoms with Gasteiger partial charge in [-0.3, -0.25) is 9.59 Å². The molecule has 3 aromatic rings. The van der Waals surface area contributed by atoms with Crippen molar-refractivity contribution in [2.45, 2.75) is 44.5 Å². The Kier molecular flexibility index (Phi) is 14.9. The number of para-hydroxylation sites is 1. The van der Waals surface area contributed by atoms with E-state index in [1.807, 2.05) is 55.7 Å². The van der Waals surface area contributed by atoms with Crippen LogP contribution in [-0.4, -0.2) is 97.3 Å². The SMILES string of the molecule is CC(C)(C)OC(=O)CCOCCOCCOCCOCCOCCn1c(C(=O)Sc2ncccn2)cc2ccccc21. The Balaban J connectivity index is 1.19. The number of carbonyl (C=O) groups is 2. The maximum atomic E-state index is 13.0. The summed E-state index contributed by atoms with van der Waals surface area (Å²) in [6.07, 6.45) is 3.46. The molecule has 2 aromatic heterocycles. The zero-order valence-corrected chi connectivity index (χ0v) is 25.4. The molecule has 0 aliphatic rings. The van der Waals surface area contributed by atoms with Crippen molar-refractivity contribution in [3.8, 4) is 0 Å². The van der Waals surface area contributed by atoms with Crippen LogP contribution in [0.2, 0.25) is 0 Å². The lowest BCUT2D eigenvalue weighted by Gasteiger charge is -2.19. The maximum absolute atomic E-state index is 13.0. The third-order valence-corrected chi connectivity index (χ3v) is 6.35. The Morgan fingerprint density at radius 3 is 1.90 bits per heavy atom. The Morgan fingerprint density at radius 2 is 1.31 bits per heavy atom. The average molecular weight is 604 g/mol. The van der Waals surface area contributed by atoms with Crippen molar-refractivity contribution in [2.24, 2.45) is 0 Å². The van der Waals surface area contributed by atoms with Gasteiger partial charge in [0.2, 0.25) is 5.12 Å². The van der Waals surface area contributed by atoms with Crippen LogP contribution >= 0.6 is 11.8 Å². The van der Waals surface area contributed by atoms with E-state index in [1.165, 1.54) is 0 Å². The van der Waals surface area contributed by atoms with Gasteiger partial charge in [-0.2, -0.15) is 0 Å². The van der Waals surface area contributed by atoms with E-state index < -0.39 is 5.60 Å². The minimum absolute atomic E-state index is 0.116. The van der Waals surface area contributed by atoms with E-state index in [0.717, 1.165) is 22.7 Å². The van der Waals surface area contributed by atoms with Gasteiger partial charge in [-0.05, 0) is 50.7 Å². The topological polar surface area (TPSA) is 120 Å². The number of fused-ring (bicyclic) bond motifs is 1. The standard InChI is InChI=1S/C30H41N3O8S/c1-30(2,3)41-27(34)9-13-36-15-17-38-19-21-40-22-20-39-18-16-37-14-12-33-25-8-5-4-7-24(25)23-26(33)28(35)42-29-31-10-6-11-32-29/h4-8,10-11,23H,9,12-22H2,1-3H3. The molecular formula is C30H41N3O8S. The number of ether oxygens (including phenoxy) is 6. The fourth-order valence-corrected chi connectivity index (χ4v) is 4.45. The highest BCUT2D eigenvalue weighted by Crippen LogP contribution is 2.25. The molecule has 230 valence electrons. The first-order valence-electron chi connectivity index (χ1n) is 14.0. The second kappa shape index (κ2) is 18.6. The molecule has 11 nitrogen and oxygen atoms in total. The number of hydrogen-bond acceptors (Lipinski definition) is 11. The van der Waals surface area contributed by atoms with Gasteiger partial charge in [-0.25, -0.2) is 9.97 Å². The van der Waals surface area contributed by atoms with Gasteiger partial charge < -0.3 is 33.0 Å². The summed E-state index contributed by atoms with van der Waals surface area (Å²) in [6.45, 7) is 10.3. The number of benzene rings is 1. The third kappa shape index (κ3) is 13.0. The maximum Gasteiger partial charge on any atom is 0.308 e. The molecule has 12 heteroatoms. The van der Waals surface area contributed by atoms with E-state index >= 15 is 0 Å². The van der Waals surface area contributed by atoms with Crippen LogP contribution in [0.15, 0.2) is 53.9 Å². The largest absolute Gasteiger partial charge is 0.460 e. The molecule has 0 atom stereocenters. The molecule has 0 fully saturated rings. The minimum atomic E-state index is -0.480. The Labute approximate surface area is 251 Å². The number of hydrogen-bond donors (Lipinski definition) is 0. The van der Waals surface area contributed by atoms with Gasteiger partial charge in [0.25, 0.3) is 0 Å². The van der Waals surface area contributed by atoms with Crippen LogP contribution < -0.4 is 0 Å². The van der Waals surface area contributed by atoms with Gasteiger partial charge in [0.15, 0.2) is 5.16 Å². The fourth-order valence-electron chi connectivity index (χ4n) is 3.78. The van der Waals surface area contributed by atoms with Crippen molar-refractivity contribution in [1.29, 1.82) is 0 Å². The fraction of sp³-hybridized carbons (Fsp3) is 0.533. The van der Waals surface area contributed by atoms with E-state index in [0.29, 0.717) is 83.5 Å². The Hall–Kier alpha value is -2.87. The van der Waals surface area contributed by atoms with Gasteiger partial charge in [0.05, 0.1) is 78.2 Å². The Bertz CT molecular complexity index is 1220. The van der Waals surface area contributed by atoms with E-state index in [9.17, 15) is 9.59 Å². The molecule has 0 N–H and O–H groups in total. The van der Waals surface area contributed by atoms with Crippen molar-refractivity contribution < 1.29 is 38.0 Å². The van der Waals surface area contributed by atoms with Crippen molar-refractivity contribution in [1.82, 2.24) is 14.5 Å². The smallest absolute Gasteiger partial charge is 0.308 e. The van der Waals surface area contributed by atoms with Crippen molar-refractivity contribution >= 4 is 33.7 Å². The van der Waals surface area contributed by atoms with Crippen LogP contribution in [0.3, 0.4) is 0 Å². The zero-order chi connectivity index (χ0) is 30.0. The summed E-state index contributed by atoms with van der Waals surface area (Å²) in [7, 11) is 0. The van der Waals surface area contributed by atoms with E-state index in [2.05, 4.69) is 9.97 Å². The number of thioether (sulfide) groups is 1. The summed E-state index contributed by atoms with van der Waals surface area (Å²) < 4.78 is 34.8. The van der Waals surface area contributed by atoms with Crippen LogP contribution in [-0.2, 0) is 39.8 Å². The van der Waals surface area contributed by atoms with Gasteiger partial charge >= 0.3 is 5.97 Å². The molecule has 0 radical (unpaired) electrons. The third-order valence-electron chi connectivity index (χ3n) is 5.56. The molecule has 2 heterocycles. The van der Waals surface area contributed by atoms with Gasteiger partial charge in [0, 0.05) is 29.8 Å². The van der Waals surface area contributed by atoms with Gasteiger partial charge in [-0.1, -0.05) is 18.2 Å². The van der Waals surface area contributed by atoms with Gasteiger partial charge in [-0.15, -0.1) is 0 Å². The predicted molar refractivity (Wildman–Crippen MR) is 159 cm³/mol. The molecule has 42 heavy (non-hydrogen) atoms. The number of carbonyl (C=O) groups excluding carboxylic acids is 2.